The lowest BCUT2D eigenvalue weighted by Crippen LogP contribution is -2.25. The molecule has 1 aliphatic rings. The second-order valence-corrected chi connectivity index (χ2v) is 2.89. The number of aliphatic carboxylic acids is 1. The summed E-state index contributed by atoms with van der Waals surface area (Å²) in [7, 11) is 0. The fraction of sp³-hybridized carbons (Fsp3) is 0.875. The number of hydrogen-bond donors (Lipinski definition) is 2. The van der Waals surface area contributed by atoms with E-state index in [1.54, 1.807) is 0 Å². The maximum Gasteiger partial charge on any atom is 0.320 e. The van der Waals surface area contributed by atoms with Crippen LogP contribution in [0, 0.1) is 0 Å². The molecule has 1 aliphatic carbocycles. The van der Waals surface area contributed by atoms with E-state index in [9.17, 15) is 4.79 Å². The van der Waals surface area contributed by atoms with E-state index < -0.39 is 12.0 Å². The van der Waals surface area contributed by atoms with E-state index in [-0.39, 0.29) is 0 Å². The van der Waals surface area contributed by atoms with Gasteiger partial charge in [0, 0.05) is 0 Å². The zero-order valence-corrected chi connectivity index (χ0v) is 7.05. The van der Waals surface area contributed by atoms with E-state index in [1.807, 2.05) is 0 Å². The van der Waals surface area contributed by atoms with Crippen LogP contribution >= 0.6 is 0 Å². The van der Waals surface area contributed by atoms with Crippen LogP contribution in [0.25, 0.3) is 0 Å². The Kier molecular flexibility index (Phi) is 5.84. The third-order valence-electron chi connectivity index (χ3n) is 1.64. The molecule has 0 amide bonds. The van der Waals surface area contributed by atoms with Gasteiger partial charge in [-0.05, 0) is 6.92 Å². The molecule has 1 rings (SSSR count). The topological polar surface area (TPSA) is 63.3 Å². The standard InChI is InChI=1S/C5H10.C3H7NO2/c1-2-4-5-3-1;1-2(4)3(5)6/h1-5H2;2H,4H2,1H3,(H,5,6). The molecule has 0 spiro atoms. The minimum Gasteiger partial charge on any atom is -0.480 e. The van der Waals surface area contributed by atoms with Gasteiger partial charge in [0.1, 0.15) is 6.04 Å². The molecule has 11 heavy (non-hydrogen) atoms. The molecule has 0 heterocycles. The van der Waals surface area contributed by atoms with E-state index in [4.69, 9.17) is 10.8 Å². The summed E-state index contributed by atoms with van der Waals surface area (Å²) in [4.78, 5) is 9.57. The summed E-state index contributed by atoms with van der Waals surface area (Å²) in [6.07, 6.45) is 7.50. The van der Waals surface area contributed by atoms with Crippen LogP contribution in [-0.2, 0) is 4.79 Å². The van der Waals surface area contributed by atoms with Gasteiger partial charge in [-0.2, -0.15) is 0 Å². The van der Waals surface area contributed by atoms with Crippen molar-refractivity contribution in [1.82, 2.24) is 0 Å². The molecule has 0 aliphatic heterocycles. The third kappa shape index (κ3) is 7.33. The Morgan fingerprint density at radius 3 is 1.55 bits per heavy atom. The largest absolute Gasteiger partial charge is 0.480 e. The monoisotopic (exact) mass is 159 g/mol. The zero-order valence-electron chi connectivity index (χ0n) is 7.05. The fourth-order valence-electron chi connectivity index (χ4n) is 0.884. The summed E-state index contributed by atoms with van der Waals surface area (Å²) >= 11 is 0. The fourth-order valence-corrected chi connectivity index (χ4v) is 0.884. The van der Waals surface area contributed by atoms with Crippen molar-refractivity contribution in [3.05, 3.63) is 0 Å². The van der Waals surface area contributed by atoms with Crippen LogP contribution in [0.15, 0.2) is 0 Å². The van der Waals surface area contributed by atoms with Crippen molar-refractivity contribution >= 4 is 5.97 Å². The lowest BCUT2D eigenvalue weighted by Gasteiger charge is -1.90. The number of carboxylic acids is 1. The highest BCUT2D eigenvalue weighted by Crippen LogP contribution is 2.15. The normalized spacial score (nSPS) is 18.4. The number of carboxylic acid groups (broad SMARTS) is 1. The molecule has 3 heteroatoms. The van der Waals surface area contributed by atoms with Crippen molar-refractivity contribution in [2.24, 2.45) is 5.73 Å². The number of hydrogen-bond acceptors (Lipinski definition) is 2. The van der Waals surface area contributed by atoms with Crippen molar-refractivity contribution in [1.29, 1.82) is 0 Å². The predicted molar refractivity (Wildman–Crippen MR) is 44.4 cm³/mol. The first kappa shape index (κ1) is 10.4. The average molecular weight is 159 g/mol. The Labute approximate surface area is 67.6 Å². The first-order valence-corrected chi connectivity index (χ1v) is 4.13. The van der Waals surface area contributed by atoms with Crippen LogP contribution in [0.1, 0.15) is 39.0 Å². The van der Waals surface area contributed by atoms with Crippen LogP contribution in [0.5, 0.6) is 0 Å². The Balaban J connectivity index is 0.000000183. The molecule has 1 saturated carbocycles. The van der Waals surface area contributed by atoms with Crippen LogP contribution in [0.3, 0.4) is 0 Å². The van der Waals surface area contributed by atoms with Gasteiger partial charge in [0.05, 0.1) is 0 Å². The van der Waals surface area contributed by atoms with Gasteiger partial charge >= 0.3 is 5.97 Å². The van der Waals surface area contributed by atoms with Gasteiger partial charge in [0.15, 0.2) is 0 Å². The Bertz CT molecular complexity index is 101. The number of rotatable bonds is 1. The van der Waals surface area contributed by atoms with Crippen molar-refractivity contribution in [3.63, 3.8) is 0 Å². The highest BCUT2D eigenvalue weighted by Gasteiger charge is 1.99. The highest BCUT2D eigenvalue weighted by atomic mass is 16.4. The van der Waals surface area contributed by atoms with Gasteiger partial charge in [-0.1, -0.05) is 32.1 Å². The Morgan fingerprint density at radius 1 is 1.27 bits per heavy atom. The van der Waals surface area contributed by atoms with E-state index >= 15 is 0 Å². The SMILES string of the molecule is C1CCCC1.CC(N)C(=O)O. The molecule has 1 atom stereocenters. The molecule has 0 aromatic carbocycles. The van der Waals surface area contributed by atoms with Gasteiger partial charge in [-0.15, -0.1) is 0 Å². The van der Waals surface area contributed by atoms with Gasteiger partial charge in [-0.3, -0.25) is 4.79 Å². The van der Waals surface area contributed by atoms with Crippen LogP contribution < -0.4 is 5.73 Å². The Hall–Kier alpha value is -0.570. The van der Waals surface area contributed by atoms with Gasteiger partial charge in [0.25, 0.3) is 0 Å². The molecule has 1 unspecified atom stereocenters. The van der Waals surface area contributed by atoms with E-state index in [0.29, 0.717) is 0 Å². The zero-order chi connectivity index (χ0) is 8.69. The minimum absolute atomic E-state index is 0.731. The van der Waals surface area contributed by atoms with E-state index in [1.165, 1.54) is 39.0 Å². The third-order valence-corrected chi connectivity index (χ3v) is 1.64. The average Bonchev–Trinajstić information content (AvgIpc) is 2.41. The summed E-state index contributed by atoms with van der Waals surface area (Å²) < 4.78 is 0. The second-order valence-electron chi connectivity index (χ2n) is 2.89. The minimum atomic E-state index is -0.963. The molecule has 0 saturated heterocycles. The van der Waals surface area contributed by atoms with Crippen molar-refractivity contribution < 1.29 is 9.90 Å². The second kappa shape index (κ2) is 6.16. The van der Waals surface area contributed by atoms with E-state index in [2.05, 4.69) is 0 Å². The molecular weight excluding hydrogens is 142 g/mol. The van der Waals surface area contributed by atoms with Crippen LogP contribution in [0.2, 0.25) is 0 Å². The first-order chi connectivity index (χ1) is 5.14. The summed E-state index contributed by atoms with van der Waals surface area (Å²) in [5, 5.41) is 7.87. The maximum absolute atomic E-state index is 9.57. The van der Waals surface area contributed by atoms with Crippen molar-refractivity contribution in [3.8, 4) is 0 Å². The van der Waals surface area contributed by atoms with Gasteiger partial charge in [-0.25, -0.2) is 0 Å². The van der Waals surface area contributed by atoms with E-state index in [0.717, 1.165) is 0 Å². The molecule has 0 aromatic heterocycles. The molecule has 66 valence electrons. The lowest BCUT2D eigenvalue weighted by molar-refractivity contribution is -0.138. The number of carbonyl (C=O) groups is 1. The lowest BCUT2D eigenvalue weighted by atomic mass is 10.4. The smallest absolute Gasteiger partial charge is 0.320 e. The van der Waals surface area contributed by atoms with Crippen molar-refractivity contribution in [2.45, 2.75) is 45.1 Å². The molecular formula is C8H17NO2. The molecule has 0 bridgehead atoms. The molecule has 0 radical (unpaired) electrons. The first-order valence-electron chi connectivity index (χ1n) is 4.13. The molecule has 3 nitrogen and oxygen atoms in total. The predicted octanol–water partition coefficient (Wildman–Crippen LogP) is 1.37. The van der Waals surface area contributed by atoms with Crippen molar-refractivity contribution in [2.75, 3.05) is 0 Å². The van der Waals surface area contributed by atoms with Crippen LogP contribution in [-0.4, -0.2) is 17.1 Å². The summed E-state index contributed by atoms with van der Waals surface area (Å²) in [6.45, 7) is 1.42. The molecule has 1 fully saturated rings. The van der Waals surface area contributed by atoms with Crippen LogP contribution in [0.4, 0.5) is 0 Å². The summed E-state index contributed by atoms with van der Waals surface area (Å²) in [6, 6.07) is -0.731. The number of nitrogens with two attached hydrogens (primary N) is 1. The Morgan fingerprint density at radius 2 is 1.45 bits per heavy atom. The maximum atomic E-state index is 9.57. The highest BCUT2D eigenvalue weighted by molar-refractivity contribution is 5.72. The quantitative estimate of drug-likeness (QED) is 0.607. The molecule has 0 aromatic rings. The van der Waals surface area contributed by atoms with Gasteiger partial charge < -0.3 is 10.8 Å². The summed E-state index contributed by atoms with van der Waals surface area (Å²) in [5.74, 6) is -0.963. The molecule has 3 N–H and O–H groups in total. The van der Waals surface area contributed by atoms with Gasteiger partial charge in [0.2, 0.25) is 0 Å². The summed E-state index contributed by atoms with van der Waals surface area (Å²) in [5.41, 5.74) is 4.84.